The SMILES string of the molecule is CC(=O)Nc1ccsc1CNCC1CC1C. The highest BCUT2D eigenvalue weighted by Gasteiger charge is 2.31. The van der Waals surface area contributed by atoms with Gasteiger partial charge in [0.15, 0.2) is 0 Å². The van der Waals surface area contributed by atoms with Gasteiger partial charge in [0.1, 0.15) is 0 Å². The van der Waals surface area contributed by atoms with Crippen LogP contribution in [0.4, 0.5) is 5.69 Å². The second kappa shape index (κ2) is 4.97. The van der Waals surface area contributed by atoms with Gasteiger partial charge < -0.3 is 10.6 Å². The first kappa shape index (κ1) is 11.6. The van der Waals surface area contributed by atoms with Gasteiger partial charge in [-0.2, -0.15) is 0 Å². The summed E-state index contributed by atoms with van der Waals surface area (Å²) in [5.41, 5.74) is 0.953. The third kappa shape index (κ3) is 3.06. The van der Waals surface area contributed by atoms with Crippen molar-refractivity contribution in [3.8, 4) is 0 Å². The molecule has 1 aromatic rings. The van der Waals surface area contributed by atoms with Crippen LogP contribution < -0.4 is 10.6 Å². The summed E-state index contributed by atoms with van der Waals surface area (Å²) in [7, 11) is 0. The fourth-order valence-electron chi connectivity index (χ4n) is 1.83. The smallest absolute Gasteiger partial charge is 0.221 e. The van der Waals surface area contributed by atoms with E-state index < -0.39 is 0 Å². The number of anilines is 1. The first-order valence-electron chi connectivity index (χ1n) is 5.71. The van der Waals surface area contributed by atoms with Crippen LogP contribution in [-0.2, 0) is 11.3 Å². The quantitative estimate of drug-likeness (QED) is 0.827. The topological polar surface area (TPSA) is 41.1 Å². The molecule has 16 heavy (non-hydrogen) atoms. The van der Waals surface area contributed by atoms with Crippen molar-refractivity contribution in [2.45, 2.75) is 26.8 Å². The van der Waals surface area contributed by atoms with E-state index in [1.807, 2.05) is 11.4 Å². The van der Waals surface area contributed by atoms with Gasteiger partial charge >= 0.3 is 0 Å². The van der Waals surface area contributed by atoms with Crippen LogP contribution in [0.2, 0.25) is 0 Å². The van der Waals surface area contributed by atoms with Gasteiger partial charge in [-0.1, -0.05) is 6.92 Å². The lowest BCUT2D eigenvalue weighted by Crippen LogP contribution is -2.17. The Morgan fingerprint density at radius 1 is 1.62 bits per heavy atom. The monoisotopic (exact) mass is 238 g/mol. The van der Waals surface area contributed by atoms with Crippen LogP contribution in [0.25, 0.3) is 0 Å². The van der Waals surface area contributed by atoms with Gasteiger partial charge in [-0.05, 0) is 36.2 Å². The van der Waals surface area contributed by atoms with E-state index in [0.29, 0.717) is 0 Å². The van der Waals surface area contributed by atoms with Crippen LogP contribution in [0, 0.1) is 11.8 Å². The van der Waals surface area contributed by atoms with E-state index in [1.54, 1.807) is 18.3 Å². The molecule has 88 valence electrons. The Bertz CT molecular complexity index is 375. The number of carbonyl (C=O) groups is 1. The normalized spacial score (nSPS) is 23.1. The molecule has 1 fully saturated rings. The molecule has 0 radical (unpaired) electrons. The molecule has 2 unspecified atom stereocenters. The molecule has 2 atom stereocenters. The summed E-state index contributed by atoms with van der Waals surface area (Å²) in [5, 5.41) is 8.32. The van der Waals surface area contributed by atoms with Gasteiger partial charge in [-0.15, -0.1) is 11.3 Å². The Morgan fingerprint density at radius 3 is 3.00 bits per heavy atom. The molecule has 1 heterocycles. The molecule has 2 N–H and O–H groups in total. The van der Waals surface area contributed by atoms with Crippen molar-refractivity contribution in [1.29, 1.82) is 0 Å². The van der Waals surface area contributed by atoms with Gasteiger partial charge in [-0.25, -0.2) is 0 Å². The minimum absolute atomic E-state index is 0.00420. The Morgan fingerprint density at radius 2 is 2.38 bits per heavy atom. The van der Waals surface area contributed by atoms with Crippen molar-refractivity contribution in [2.24, 2.45) is 11.8 Å². The fraction of sp³-hybridized carbons (Fsp3) is 0.583. The van der Waals surface area contributed by atoms with E-state index in [2.05, 4.69) is 17.6 Å². The minimum Gasteiger partial charge on any atom is -0.325 e. The van der Waals surface area contributed by atoms with Crippen molar-refractivity contribution in [3.05, 3.63) is 16.3 Å². The van der Waals surface area contributed by atoms with Gasteiger partial charge in [0.05, 0.1) is 5.69 Å². The van der Waals surface area contributed by atoms with Crippen LogP contribution in [-0.4, -0.2) is 12.5 Å². The van der Waals surface area contributed by atoms with E-state index in [-0.39, 0.29) is 5.91 Å². The molecule has 1 aromatic heterocycles. The maximum Gasteiger partial charge on any atom is 0.221 e. The molecule has 1 saturated carbocycles. The van der Waals surface area contributed by atoms with Crippen LogP contribution in [0.15, 0.2) is 11.4 Å². The lowest BCUT2D eigenvalue weighted by Gasteiger charge is -2.05. The van der Waals surface area contributed by atoms with Crippen LogP contribution in [0.3, 0.4) is 0 Å². The Balaban J connectivity index is 1.79. The summed E-state index contributed by atoms with van der Waals surface area (Å²) in [4.78, 5) is 12.2. The lowest BCUT2D eigenvalue weighted by atomic mass is 10.3. The highest BCUT2D eigenvalue weighted by molar-refractivity contribution is 7.10. The minimum atomic E-state index is -0.00420. The summed E-state index contributed by atoms with van der Waals surface area (Å²) in [5.74, 6) is 1.75. The lowest BCUT2D eigenvalue weighted by molar-refractivity contribution is -0.114. The van der Waals surface area contributed by atoms with E-state index in [9.17, 15) is 4.79 Å². The summed E-state index contributed by atoms with van der Waals surface area (Å²) < 4.78 is 0. The Hall–Kier alpha value is -0.870. The zero-order valence-corrected chi connectivity index (χ0v) is 10.6. The van der Waals surface area contributed by atoms with Crippen LogP contribution in [0.5, 0.6) is 0 Å². The molecular formula is C12H18N2OS. The van der Waals surface area contributed by atoms with Gasteiger partial charge in [-0.3, -0.25) is 4.79 Å². The summed E-state index contributed by atoms with van der Waals surface area (Å²) in [6.07, 6.45) is 1.36. The number of amides is 1. The molecule has 1 amide bonds. The summed E-state index contributed by atoms with van der Waals surface area (Å²) >= 11 is 1.69. The average Bonchev–Trinajstić information content (AvgIpc) is 2.72. The Labute approximate surface area is 100 Å². The molecule has 1 aliphatic carbocycles. The Kier molecular flexibility index (Phi) is 3.61. The second-order valence-corrected chi connectivity index (χ2v) is 5.54. The largest absolute Gasteiger partial charge is 0.325 e. The predicted molar refractivity (Wildman–Crippen MR) is 67.6 cm³/mol. The zero-order valence-electron chi connectivity index (χ0n) is 9.75. The molecule has 0 spiro atoms. The van der Waals surface area contributed by atoms with Gasteiger partial charge in [0, 0.05) is 18.3 Å². The van der Waals surface area contributed by atoms with Crippen LogP contribution in [0.1, 0.15) is 25.1 Å². The average molecular weight is 238 g/mol. The molecule has 0 aromatic carbocycles. The van der Waals surface area contributed by atoms with Gasteiger partial charge in [0.25, 0.3) is 0 Å². The number of rotatable bonds is 5. The van der Waals surface area contributed by atoms with E-state index in [4.69, 9.17) is 0 Å². The van der Waals surface area contributed by atoms with Crippen molar-refractivity contribution in [2.75, 3.05) is 11.9 Å². The van der Waals surface area contributed by atoms with Crippen molar-refractivity contribution >= 4 is 22.9 Å². The van der Waals surface area contributed by atoms with Gasteiger partial charge in [0.2, 0.25) is 5.91 Å². The van der Waals surface area contributed by atoms with Crippen molar-refractivity contribution in [1.82, 2.24) is 5.32 Å². The second-order valence-electron chi connectivity index (χ2n) is 4.54. The molecule has 0 bridgehead atoms. The maximum absolute atomic E-state index is 11.0. The third-order valence-electron chi connectivity index (χ3n) is 3.02. The molecule has 0 aliphatic heterocycles. The first-order chi connectivity index (χ1) is 7.66. The molecule has 1 aliphatic rings. The molecular weight excluding hydrogens is 220 g/mol. The predicted octanol–water partition coefficient (Wildman–Crippen LogP) is 2.45. The number of thiophene rings is 1. The number of carbonyl (C=O) groups excluding carboxylic acids is 1. The number of hydrogen-bond donors (Lipinski definition) is 2. The summed E-state index contributed by atoms with van der Waals surface area (Å²) in [6, 6.07) is 1.96. The standard InChI is InChI=1S/C12H18N2OS/c1-8-5-10(8)6-13-7-12-11(3-4-16-12)14-9(2)15/h3-4,8,10,13H,5-7H2,1-2H3,(H,14,15). The van der Waals surface area contributed by atoms with Crippen LogP contribution >= 0.6 is 11.3 Å². The fourth-order valence-corrected chi connectivity index (χ4v) is 2.63. The highest BCUT2D eigenvalue weighted by Crippen LogP contribution is 2.36. The zero-order chi connectivity index (χ0) is 11.5. The number of hydrogen-bond acceptors (Lipinski definition) is 3. The van der Waals surface area contributed by atoms with E-state index in [0.717, 1.165) is 30.6 Å². The molecule has 0 saturated heterocycles. The molecule has 3 nitrogen and oxygen atoms in total. The molecule has 4 heteroatoms. The van der Waals surface area contributed by atoms with Crippen molar-refractivity contribution < 1.29 is 4.79 Å². The highest BCUT2D eigenvalue weighted by atomic mass is 32.1. The summed E-state index contributed by atoms with van der Waals surface area (Å²) in [6.45, 7) is 5.79. The van der Waals surface area contributed by atoms with Crippen molar-refractivity contribution in [3.63, 3.8) is 0 Å². The molecule has 2 rings (SSSR count). The first-order valence-corrected chi connectivity index (χ1v) is 6.59. The maximum atomic E-state index is 11.0. The third-order valence-corrected chi connectivity index (χ3v) is 3.95. The van der Waals surface area contributed by atoms with E-state index >= 15 is 0 Å². The van der Waals surface area contributed by atoms with E-state index in [1.165, 1.54) is 11.3 Å². The number of nitrogens with one attached hydrogen (secondary N) is 2.